The number of rotatable bonds is 5. The minimum Gasteiger partial charge on any atom is -0.387 e. The number of halogens is 1. The largest absolute Gasteiger partial charge is 0.387 e. The van der Waals surface area contributed by atoms with Crippen LogP contribution < -0.4 is 5.32 Å². The summed E-state index contributed by atoms with van der Waals surface area (Å²) in [6.07, 6.45) is -0.480. The Balaban J connectivity index is 1.94. The highest BCUT2D eigenvalue weighted by Gasteiger charge is 2.11. The average molecular weight is 320 g/mol. The van der Waals surface area contributed by atoms with Gasteiger partial charge in [0.15, 0.2) is 0 Å². The van der Waals surface area contributed by atoms with Gasteiger partial charge in [-0.3, -0.25) is 0 Å². The Morgan fingerprint density at radius 1 is 1.05 bits per heavy atom. The predicted molar refractivity (Wildman–Crippen MR) is 82.0 cm³/mol. The van der Waals surface area contributed by atoms with Crippen LogP contribution in [-0.4, -0.2) is 11.7 Å². The Hall–Kier alpha value is -1.16. The smallest absolute Gasteiger partial charge is 0.0914 e. The fraction of sp³-hybridized carbons (Fsp3) is 0.250. The molecule has 0 radical (unpaired) electrons. The lowest BCUT2D eigenvalue weighted by Crippen LogP contribution is -2.24. The van der Waals surface area contributed by atoms with Gasteiger partial charge in [0.25, 0.3) is 0 Å². The van der Waals surface area contributed by atoms with E-state index in [4.69, 9.17) is 0 Å². The summed E-state index contributed by atoms with van der Waals surface area (Å²) in [5, 5.41) is 13.5. The summed E-state index contributed by atoms with van der Waals surface area (Å²) in [6.45, 7) is 2.63. The first-order chi connectivity index (χ1) is 9.18. The van der Waals surface area contributed by atoms with Crippen molar-refractivity contribution in [2.45, 2.75) is 19.1 Å². The van der Waals surface area contributed by atoms with Crippen LogP contribution in [0.2, 0.25) is 0 Å². The zero-order valence-corrected chi connectivity index (χ0v) is 12.5. The van der Waals surface area contributed by atoms with Crippen LogP contribution in [0, 0.1) is 0 Å². The van der Waals surface area contributed by atoms with Crippen molar-refractivity contribution in [3.05, 3.63) is 70.2 Å². The van der Waals surface area contributed by atoms with Gasteiger partial charge in [0.1, 0.15) is 0 Å². The minimum atomic E-state index is -0.480. The van der Waals surface area contributed by atoms with E-state index in [1.54, 1.807) is 0 Å². The molecule has 2 aromatic rings. The molecule has 2 nitrogen and oxygen atoms in total. The predicted octanol–water partition coefficient (Wildman–Crippen LogP) is 3.83. The van der Waals surface area contributed by atoms with E-state index in [1.165, 1.54) is 5.56 Å². The minimum absolute atomic E-state index is 0.189. The van der Waals surface area contributed by atoms with E-state index in [-0.39, 0.29) is 6.04 Å². The highest BCUT2D eigenvalue weighted by Crippen LogP contribution is 2.23. The van der Waals surface area contributed by atoms with Crippen molar-refractivity contribution in [3.63, 3.8) is 0 Å². The van der Waals surface area contributed by atoms with Gasteiger partial charge in [0.2, 0.25) is 0 Å². The highest BCUT2D eigenvalue weighted by molar-refractivity contribution is 9.10. The second-order valence-electron chi connectivity index (χ2n) is 4.58. The molecule has 0 aromatic heterocycles. The van der Waals surface area contributed by atoms with Crippen molar-refractivity contribution in [1.82, 2.24) is 5.32 Å². The molecule has 0 aliphatic heterocycles. The molecule has 19 heavy (non-hydrogen) atoms. The van der Waals surface area contributed by atoms with E-state index in [1.807, 2.05) is 48.5 Å². The van der Waals surface area contributed by atoms with Gasteiger partial charge < -0.3 is 10.4 Å². The summed E-state index contributed by atoms with van der Waals surface area (Å²) in [4.78, 5) is 0. The summed E-state index contributed by atoms with van der Waals surface area (Å²) >= 11 is 3.55. The fourth-order valence-electron chi connectivity index (χ4n) is 2.02. The molecule has 0 fully saturated rings. The van der Waals surface area contributed by atoms with E-state index in [0.717, 1.165) is 10.0 Å². The molecule has 3 heteroatoms. The van der Waals surface area contributed by atoms with E-state index >= 15 is 0 Å². The van der Waals surface area contributed by atoms with E-state index in [9.17, 15) is 5.11 Å². The van der Waals surface area contributed by atoms with Crippen LogP contribution >= 0.6 is 15.9 Å². The molecule has 2 rings (SSSR count). The third-order valence-electron chi connectivity index (χ3n) is 3.17. The zero-order chi connectivity index (χ0) is 13.7. The van der Waals surface area contributed by atoms with Crippen molar-refractivity contribution in [1.29, 1.82) is 0 Å². The Bertz CT molecular complexity index is 515. The van der Waals surface area contributed by atoms with Gasteiger partial charge in [-0.05, 0) is 24.1 Å². The van der Waals surface area contributed by atoms with Gasteiger partial charge in [-0.2, -0.15) is 0 Å². The number of benzene rings is 2. The first-order valence-electron chi connectivity index (χ1n) is 6.39. The molecule has 0 saturated heterocycles. The number of nitrogens with one attached hydrogen (secondary N) is 1. The number of hydrogen-bond donors (Lipinski definition) is 2. The highest BCUT2D eigenvalue weighted by atomic mass is 79.9. The standard InChI is InChI=1S/C16H18BrNO/c1-12(14-9-5-6-10-15(14)17)18-11-16(19)13-7-3-2-4-8-13/h2-10,12,16,18-19H,11H2,1H3/t12-,16?/m0/s1. The molecule has 100 valence electrons. The average Bonchev–Trinajstić information content (AvgIpc) is 2.46. The van der Waals surface area contributed by atoms with Gasteiger partial charge in [-0.15, -0.1) is 0 Å². The second kappa shape index (κ2) is 6.85. The number of aliphatic hydroxyl groups excluding tert-OH is 1. The summed E-state index contributed by atoms with van der Waals surface area (Å²) in [7, 11) is 0. The number of hydrogen-bond acceptors (Lipinski definition) is 2. The molecule has 1 unspecified atom stereocenters. The molecule has 0 spiro atoms. The quantitative estimate of drug-likeness (QED) is 0.877. The van der Waals surface area contributed by atoms with Crippen LogP contribution in [-0.2, 0) is 0 Å². The van der Waals surface area contributed by atoms with Gasteiger partial charge in [0, 0.05) is 17.1 Å². The molecule has 0 bridgehead atoms. The van der Waals surface area contributed by atoms with Crippen LogP contribution in [0.15, 0.2) is 59.1 Å². The lowest BCUT2D eigenvalue weighted by Gasteiger charge is -2.18. The summed E-state index contributed by atoms with van der Waals surface area (Å²) in [6, 6.07) is 18.0. The van der Waals surface area contributed by atoms with Crippen LogP contribution in [0.5, 0.6) is 0 Å². The monoisotopic (exact) mass is 319 g/mol. The normalized spacial score (nSPS) is 14.1. The van der Waals surface area contributed by atoms with Gasteiger partial charge in [0.05, 0.1) is 6.10 Å². The SMILES string of the molecule is C[C@H](NCC(O)c1ccccc1)c1ccccc1Br. The van der Waals surface area contributed by atoms with E-state index in [0.29, 0.717) is 6.54 Å². The van der Waals surface area contributed by atoms with E-state index in [2.05, 4.69) is 34.2 Å². The van der Waals surface area contributed by atoms with Gasteiger partial charge in [-0.25, -0.2) is 0 Å². The maximum absolute atomic E-state index is 10.1. The van der Waals surface area contributed by atoms with Crippen LogP contribution in [0.1, 0.15) is 30.2 Å². The lowest BCUT2D eigenvalue weighted by molar-refractivity contribution is 0.171. The first kappa shape index (κ1) is 14.3. The topological polar surface area (TPSA) is 32.3 Å². The molecule has 0 aliphatic carbocycles. The van der Waals surface area contributed by atoms with Crippen LogP contribution in [0.4, 0.5) is 0 Å². The van der Waals surface area contributed by atoms with Gasteiger partial charge in [-0.1, -0.05) is 64.5 Å². The summed E-state index contributed by atoms with van der Waals surface area (Å²) in [5.74, 6) is 0. The van der Waals surface area contributed by atoms with E-state index < -0.39 is 6.10 Å². The summed E-state index contributed by atoms with van der Waals surface area (Å²) < 4.78 is 1.09. The molecule has 0 saturated carbocycles. The third kappa shape index (κ3) is 3.90. The second-order valence-corrected chi connectivity index (χ2v) is 5.43. The van der Waals surface area contributed by atoms with Crippen LogP contribution in [0.25, 0.3) is 0 Å². The van der Waals surface area contributed by atoms with Crippen molar-refractivity contribution < 1.29 is 5.11 Å². The molecular formula is C16H18BrNO. The lowest BCUT2D eigenvalue weighted by atomic mass is 10.1. The molecule has 0 amide bonds. The molecule has 2 aromatic carbocycles. The molecule has 0 heterocycles. The fourth-order valence-corrected chi connectivity index (χ4v) is 2.65. The molecule has 2 N–H and O–H groups in total. The van der Waals surface area contributed by atoms with Crippen molar-refractivity contribution in [3.8, 4) is 0 Å². The van der Waals surface area contributed by atoms with Crippen molar-refractivity contribution >= 4 is 15.9 Å². The third-order valence-corrected chi connectivity index (χ3v) is 3.90. The van der Waals surface area contributed by atoms with Crippen molar-refractivity contribution in [2.75, 3.05) is 6.54 Å². The maximum Gasteiger partial charge on any atom is 0.0914 e. The Labute approximate surface area is 122 Å². The van der Waals surface area contributed by atoms with Gasteiger partial charge >= 0.3 is 0 Å². The van der Waals surface area contributed by atoms with Crippen LogP contribution in [0.3, 0.4) is 0 Å². The summed E-state index contributed by atoms with van der Waals surface area (Å²) in [5.41, 5.74) is 2.14. The number of aliphatic hydroxyl groups is 1. The molecule has 0 aliphatic rings. The Morgan fingerprint density at radius 2 is 1.68 bits per heavy atom. The molecule has 2 atom stereocenters. The first-order valence-corrected chi connectivity index (χ1v) is 7.18. The zero-order valence-electron chi connectivity index (χ0n) is 10.9. The Kier molecular flexibility index (Phi) is 5.14. The van der Waals surface area contributed by atoms with Crippen molar-refractivity contribution in [2.24, 2.45) is 0 Å². The Morgan fingerprint density at radius 3 is 2.37 bits per heavy atom. The molecular weight excluding hydrogens is 302 g/mol. The maximum atomic E-state index is 10.1.